The quantitative estimate of drug-likeness (QED) is 0.385. The minimum atomic E-state index is -0.491. The number of imidazole rings is 1. The van der Waals surface area contributed by atoms with E-state index in [9.17, 15) is 9.90 Å². The van der Waals surface area contributed by atoms with Gasteiger partial charge in [-0.1, -0.05) is 29.8 Å². The second-order valence-corrected chi connectivity index (χ2v) is 7.53. The molecule has 1 aliphatic carbocycles. The number of halogens is 1. The van der Waals surface area contributed by atoms with E-state index in [1.165, 1.54) is 0 Å². The van der Waals surface area contributed by atoms with E-state index in [1.807, 2.05) is 30.3 Å². The van der Waals surface area contributed by atoms with Gasteiger partial charge >= 0.3 is 5.69 Å². The standard InChI is InChI=1S/C20H18ClN7O2/c21-14-4-2-1-3-11(14)9-22-16-8-17(24-13-5-6-13)28-18(26-16)12(10-23-28)7-15-19(29)27-20(30)25-15/h1-4,7-8,10,13,22,29H,5-6,9H2,(H2,25,27,30). The van der Waals surface area contributed by atoms with Crippen molar-refractivity contribution in [1.82, 2.24) is 24.6 Å². The Balaban J connectivity index is 1.60. The topological polar surface area (TPSA) is 123 Å². The van der Waals surface area contributed by atoms with Gasteiger partial charge < -0.3 is 15.4 Å². The number of fused-ring (bicyclic) bond motifs is 1. The molecule has 0 atom stereocenters. The van der Waals surface area contributed by atoms with Crippen molar-refractivity contribution in [2.24, 2.45) is 4.99 Å². The van der Waals surface area contributed by atoms with Gasteiger partial charge in [-0.2, -0.15) is 9.61 Å². The van der Waals surface area contributed by atoms with E-state index >= 15 is 0 Å². The van der Waals surface area contributed by atoms with Crippen LogP contribution >= 0.6 is 11.6 Å². The first-order valence-electron chi connectivity index (χ1n) is 9.50. The van der Waals surface area contributed by atoms with E-state index < -0.39 is 5.69 Å². The Hall–Kier alpha value is -3.59. The molecular formula is C20H18ClN7O2. The summed E-state index contributed by atoms with van der Waals surface area (Å²) in [4.78, 5) is 25.7. The fourth-order valence-electron chi connectivity index (χ4n) is 3.11. The number of nitrogens with zero attached hydrogens (tertiary/aromatic N) is 4. The van der Waals surface area contributed by atoms with Crippen LogP contribution in [0.1, 0.15) is 24.1 Å². The van der Waals surface area contributed by atoms with Gasteiger partial charge in [-0.05, 0) is 30.5 Å². The monoisotopic (exact) mass is 423 g/mol. The van der Waals surface area contributed by atoms with Crippen molar-refractivity contribution in [3.05, 3.63) is 74.0 Å². The summed E-state index contributed by atoms with van der Waals surface area (Å²) in [5.41, 5.74) is 1.97. The molecule has 1 aromatic carbocycles. The molecule has 3 aromatic heterocycles. The Kier molecular flexibility index (Phi) is 4.51. The Morgan fingerprint density at radius 1 is 1.33 bits per heavy atom. The second-order valence-electron chi connectivity index (χ2n) is 7.13. The number of aromatic hydroxyl groups is 1. The van der Waals surface area contributed by atoms with Crippen molar-refractivity contribution in [2.45, 2.75) is 25.4 Å². The highest BCUT2D eigenvalue weighted by atomic mass is 35.5. The zero-order valence-corrected chi connectivity index (χ0v) is 16.5. The van der Waals surface area contributed by atoms with Crippen LogP contribution in [0.5, 0.6) is 5.88 Å². The summed E-state index contributed by atoms with van der Waals surface area (Å²) >= 11 is 6.26. The van der Waals surface area contributed by atoms with Gasteiger partial charge in [0.15, 0.2) is 11.1 Å². The van der Waals surface area contributed by atoms with Crippen LogP contribution < -0.4 is 21.7 Å². The van der Waals surface area contributed by atoms with Gasteiger partial charge in [0, 0.05) is 22.9 Å². The molecule has 1 fully saturated rings. The SMILES string of the molecule is O=c1[nH]c(O)c(C=c2cnn3c(=NC4CC4)cc(NCc4ccccc4Cl)nc23)[nH]1. The molecule has 9 nitrogen and oxygen atoms in total. The molecule has 5 rings (SSSR count). The Labute approximate surface area is 174 Å². The highest BCUT2D eigenvalue weighted by Gasteiger charge is 2.20. The van der Waals surface area contributed by atoms with Crippen LogP contribution in [0.3, 0.4) is 0 Å². The number of H-pyrrole nitrogens is 2. The van der Waals surface area contributed by atoms with E-state index in [1.54, 1.807) is 16.8 Å². The lowest BCUT2D eigenvalue weighted by Crippen LogP contribution is -2.20. The van der Waals surface area contributed by atoms with Gasteiger partial charge in [0.05, 0.1) is 12.2 Å². The van der Waals surface area contributed by atoms with Crippen LogP contribution in [0.15, 0.2) is 46.3 Å². The largest absolute Gasteiger partial charge is 0.493 e. The molecule has 1 aliphatic rings. The summed E-state index contributed by atoms with van der Waals surface area (Å²) < 4.78 is 1.66. The Morgan fingerprint density at radius 3 is 2.90 bits per heavy atom. The zero-order valence-electron chi connectivity index (χ0n) is 15.8. The fraction of sp³-hybridized carbons (Fsp3) is 0.200. The van der Waals surface area contributed by atoms with Crippen molar-refractivity contribution in [3.8, 4) is 5.88 Å². The maximum Gasteiger partial charge on any atom is 0.326 e. The Bertz CT molecular complexity index is 1420. The number of hydrogen-bond acceptors (Lipinski definition) is 6. The Morgan fingerprint density at radius 2 is 2.17 bits per heavy atom. The first kappa shape index (κ1) is 18.4. The third kappa shape index (κ3) is 3.67. The summed E-state index contributed by atoms with van der Waals surface area (Å²) in [6.07, 6.45) is 5.36. The predicted octanol–water partition coefficient (Wildman–Crippen LogP) is 1.33. The van der Waals surface area contributed by atoms with Gasteiger partial charge in [-0.3, -0.25) is 9.98 Å². The number of anilines is 1. The minimum Gasteiger partial charge on any atom is -0.493 e. The molecule has 0 spiro atoms. The molecule has 4 aromatic rings. The van der Waals surface area contributed by atoms with E-state index in [-0.39, 0.29) is 11.6 Å². The number of hydrogen-bond donors (Lipinski definition) is 4. The van der Waals surface area contributed by atoms with E-state index in [2.05, 4.69) is 25.4 Å². The summed E-state index contributed by atoms with van der Waals surface area (Å²) in [6.45, 7) is 0.505. The normalized spacial score (nSPS) is 15.2. The van der Waals surface area contributed by atoms with Crippen LogP contribution in [0.4, 0.5) is 5.82 Å². The summed E-state index contributed by atoms with van der Waals surface area (Å²) in [7, 11) is 0. The van der Waals surface area contributed by atoms with Crippen molar-refractivity contribution in [2.75, 3.05) is 5.32 Å². The second kappa shape index (κ2) is 7.34. The van der Waals surface area contributed by atoms with Gasteiger partial charge in [-0.15, -0.1) is 0 Å². The molecule has 152 valence electrons. The zero-order chi connectivity index (χ0) is 20.7. The average Bonchev–Trinajstić information content (AvgIpc) is 3.36. The molecule has 0 bridgehead atoms. The highest BCUT2D eigenvalue weighted by molar-refractivity contribution is 6.31. The highest BCUT2D eigenvalue weighted by Crippen LogP contribution is 2.22. The summed E-state index contributed by atoms with van der Waals surface area (Å²) in [5.74, 6) is 0.388. The van der Waals surface area contributed by atoms with E-state index in [0.717, 1.165) is 18.4 Å². The van der Waals surface area contributed by atoms with Gasteiger partial charge in [0.2, 0.25) is 5.88 Å². The van der Waals surface area contributed by atoms with Crippen molar-refractivity contribution in [3.63, 3.8) is 0 Å². The van der Waals surface area contributed by atoms with Crippen molar-refractivity contribution >= 4 is 29.1 Å². The lowest BCUT2D eigenvalue weighted by molar-refractivity contribution is 0.454. The molecule has 0 saturated heterocycles. The van der Waals surface area contributed by atoms with Crippen molar-refractivity contribution in [1.29, 1.82) is 0 Å². The molecule has 3 heterocycles. The molecule has 0 unspecified atom stereocenters. The number of aromatic nitrogens is 5. The van der Waals surface area contributed by atoms with Crippen LogP contribution in [0.25, 0.3) is 11.7 Å². The van der Waals surface area contributed by atoms with Crippen LogP contribution in [-0.2, 0) is 6.54 Å². The molecule has 4 N–H and O–H groups in total. The van der Waals surface area contributed by atoms with Gasteiger partial charge in [0.25, 0.3) is 0 Å². The maximum absolute atomic E-state index is 11.4. The molecule has 0 aliphatic heterocycles. The van der Waals surface area contributed by atoms with Gasteiger partial charge in [-0.25, -0.2) is 9.78 Å². The maximum atomic E-state index is 11.4. The first-order chi connectivity index (χ1) is 14.6. The minimum absolute atomic E-state index is 0.241. The molecule has 1 saturated carbocycles. The molecule has 0 radical (unpaired) electrons. The lowest BCUT2D eigenvalue weighted by Gasteiger charge is -2.08. The number of nitrogens with one attached hydrogen (secondary N) is 3. The molecule has 0 amide bonds. The fourth-order valence-corrected chi connectivity index (χ4v) is 3.32. The smallest absolute Gasteiger partial charge is 0.326 e. The first-order valence-corrected chi connectivity index (χ1v) is 9.87. The van der Waals surface area contributed by atoms with E-state index in [4.69, 9.17) is 16.6 Å². The van der Waals surface area contributed by atoms with Crippen LogP contribution in [-0.4, -0.2) is 35.7 Å². The molecule has 10 heteroatoms. The summed E-state index contributed by atoms with van der Waals surface area (Å²) in [6, 6.07) is 9.77. The van der Waals surface area contributed by atoms with Crippen LogP contribution in [0, 0.1) is 0 Å². The third-order valence-corrected chi connectivity index (χ3v) is 5.16. The van der Waals surface area contributed by atoms with E-state index in [0.29, 0.717) is 39.8 Å². The number of rotatable bonds is 5. The predicted molar refractivity (Wildman–Crippen MR) is 112 cm³/mol. The summed E-state index contributed by atoms with van der Waals surface area (Å²) in [5, 5.41) is 18.9. The van der Waals surface area contributed by atoms with Gasteiger partial charge in [0.1, 0.15) is 11.5 Å². The molecular weight excluding hydrogens is 406 g/mol. The molecule has 30 heavy (non-hydrogen) atoms. The third-order valence-electron chi connectivity index (χ3n) is 4.79. The van der Waals surface area contributed by atoms with Crippen molar-refractivity contribution < 1.29 is 5.11 Å². The number of aromatic amines is 2. The average molecular weight is 424 g/mol. The number of benzene rings is 1. The van der Waals surface area contributed by atoms with Crippen LogP contribution in [0.2, 0.25) is 5.02 Å². The lowest BCUT2D eigenvalue weighted by atomic mass is 10.2.